The van der Waals surface area contributed by atoms with Crippen LogP contribution in [0.4, 0.5) is 0 Å². The Morgan fingerprint density at radius 2 is 0.615 bits per heavy atom. The van der Waals surface area contributed by atoms with E-state index in [2.05, 4.69) is 119 Å². The lowest BCUT2D eigenvalue weighted by atomic mass is 9.98. The summed E-state index contributed by atoms with van der Waals surface area (Å²) in [6.45, 7) is 26.5. The summed E-state index contributed by atoms with van der Waals surface area (Å²) in [5, 5.41) is 0. The van der Waals surface area contributed by atoms with Crippen LogP contribution >= 0.6 is 0 Å². The summed E-state index contributed by atoms with van der Waals surface area (Å²) in [5.74, 6) is 0. The van der Waals surface area contributed by atoms with Gasteiger partial charge in [-0.05, 0) is 191 Å². The van der Waals surface area contributed by atoms with Crippen LogP contribution in [0.1, 0.15) is 96.2 Å². The third-order valence-corrected chi connectivity index (χ3v) is 9.65. The molecule has 3 aliphatic carbocycles. The van der Waals surface area contributed by atoms with Gasteiger partial charge in [0.1, 0.15) is 0 Å². The molecular weight excluding hydrogens is 468 g/mol. The quantitative estimate of drug-likeness (QED) is 0.218. The van der Waals surface area contributed by atoms with Gasteiger partial charge in [-0.25, -0.2) is 0 Å². The molecule has 0 aliphatic heterocycles. The molecule has 0 saturated carbocycles. The fourth-order valence-corrected chi connectivity index (χ4v) is 6.10. The molecular formula is C39H48. The smallest absolute Gasteiger partial charge is 0.00132 e. The van der Waals surface area contributed by atoms with E-state index >= 15 is 0 Å². The van der Waals surface area contributed by atoms with E-state index in [9.17, 15) is 0 Å². The predicted molar refractivity (Wildman–Crippen MR) is 172 cm³/mol. The van der Waals surface area contributed by atoms with Gasteiger partial charge >= 0.3 is 0 Å². The van der Waals surface area contributed by atoms with Crippen molar-refractivity contribution >= 4 is 0 Å². The van der Waals surface area contributed by atoms with Crippen molar-refractivity contribution in [2.75, 3.05) is 0 Å². The number of allylic oxidation sites excluding steroid dienone is 6. The van der Waals surface area contributed by atoms with Crippen LogP contribution in [-0.2, 0) is 6.42 Å². The van der Waals surface area contributed by atoms with Gasteiger partial charge in [-0.2, -0.15) is 0 Å². The molecule has 0 radical (unpaired) electrons. The molecule has 0 fully saturated rings. The lowest BCUT2D eigenvalue weighted by Crippen LogP contribution is -1.86. The first-order valence-electron chi connectivity index (χ1n) is 14.6. The molecule has 3 aliphatic rings. The summed E-state index contributed by atoms with van der Waals surface area (Å²) in [6.07, 6.45) is 3.53. The molecule has 0 heteroatoms. The van der Waals surface area contributed by atoms with Crippen LogP contribution in [0.5, 0.6) is 0 Å². The molecule has 0 aromatic heterocycles. The highest BCUT2D eigenvalue weighted by atomic mass is 14.3. The first-order valence-corrected chi connectivity index (χ1v) is 14.6. The van der Waals surface area contributed by atoms with E-state index in [0.717, 1.165) is 6.42 Å². The van der Waals surface area contributed by atoms with Crippen LogP contribution in [-0.4, -0.2) is 0 Å². The minimum Gasteiger partial charge on any atom is -0.0657 e. The molecule has 204 valence electrons. The van der Waals surface area contributed by atoms with Crippen molar-refractivity contribution in [3.63, 3.8) is 0 Å². The number of aryl methyl sites for hydroxylation is 8. The average molecular weight is 517 g/mol. The predicted octanol–water partition coefficient (Wildman–Crippen LogP) is 11.2. The zero-order valence-electron chi connectivity index (χ0n) is 26.6. The van der Waals surface area contributed by atoms with Crippen LogP contribution < -0.4 is 0 Å². The molecule has 0 unspecified atom stereocenters. The Morgan fingerprint density at radius 1 is 0.333 bits per heavy atom. The Hall–Kier alpha value is -3.12. The van der Waals surface area contributed by atoms with Crippen LogP contribution in [0, 0.1) is 55.4 Å². The van der Waals surface area contributed by atoms with E-state index in [0.29, 0.717) is 0 Å². The molecule has 0 amide bonds. The van der Waals surface area contributed by atoms with Crippen molar-refractivity contribution in [2.45, 2.75) is 102 Å². The molecule has 0 atom stereocenters. The number of hydrogen-bond donors (Lipinski definition) is 0. The molecule has 0 saturated heterocycles. The average Bonchev–Trinajstić information content (AvgIpc) is 3.45. The number of rotatable bonds is 0. The standard InChI is InChI=1S/C17H18.C12H16.C10H14/c1-10-5-14-9-15-6-11(2)13(4)8-17(15)16(14)7-12(10)3;1-7-5-11-10(4)8(2)6-12(11)9(7)3;1-7-5-9(3)10(4)6-8(7)2/h5-8H,9H2,1-4H3;5-6H2,1-4H3;5-6H,1-4H3. The maximum atomic E-state index is 2.36. The third-order valence-electron chi connectivity index (χ3n) is 9.65. The third kappa shape index (κ3) is 5.76. The molecule has 0 spiro atoms. The molecule has 0 heterocycles. The molecule has 39 heavy (non-hydrogen) atoms. The highest BCUT2D eigenvalue weighted by Gasteiger charge is 2.25. The van der Waals surface area contributed by atoms with Crippen molar-refractivity contribution in [3.8, 4) is 11.1 Å². The lowest BCUT2D eigenvalue weighted by molar-refractivity contribution is 1.10. The second-order valence-electron chi connectivity index (χ2n) is 12.5. The first kappa shape index (κ1) is 28.9. The SMILES string of the molecule is CC1=C(C)C2=C(C1)C(C)=C(C)C2.Cc1cc(C)c(C)cc1C.Cc1cc2c(cc1C)-c1cc(C)c(C)cc1C2. The van der Waals surface area contributed by atoms with Crippen molar-refractivity contribution in [2.24, 2.45) is 0 Å². The van der Waals surface area contributed by atoms with Crippen LogP contribution in [0.3, 0.4) is 0 Å². The highest BCUT2D eigenvalue weighted by molar-refractivity contribution is 5.78. The van der Waals surface area contributed by atoms with Crippen molar-refractivity contribution in [1.29, 1.82) is 0 Å². The summed E-state index contributed by atoms with van der Waals surface area (Å²) < 4.78 is 0. The van der Waals surface area contributed by atoms with Gasteiger partial charge in [-0.3, -0.25) is 0 Å². The van der Waals surface area contributed by atoms with Gasteiger partial charge in [-0.1, -0.05) is 47.5 Å². The summed E-state index contributed by atoms with van der Waals surface area (Å²) in [6, 6.07) is 13.9. The fourth-order valence-electron chi connectivity index (χ4n) is 6.10. The topological polar surface area (TPSA) is 0 Å². The van der Waals surface area contributed by atoms with Gasteiger partial charge in [0.05, 0.1) is 0 Å². The van der Waals surface area contributed by atoms with E-state index in [1.807, 2.05) is 0 Å². The maximum Gasteiger partial charge on any atom is -0.00132 e. The fraction of sp³-hybridized carbons (Fsp3) is 0.385. The first-order chi connectivity index (χ1) is 18.3. The van der Waals surface area contributed by atoms with Crippen molar-refractivity contribution in [1.82, 2.24) is 0 Å². The summed E-state index contributed by atoms with van der Waals surface area (Å²) in [4.78, 5) is 0. The monoisotopic (exact) mass is 516 g/mol. The molecule has 0 N–H and O–H groups in total. The molecule has 0 nitrogen and oxygen atoms in total. The summed E-state index contributed by atoms with van der Waals surface area (Å²) in [5.41, 5.74) is 26.6. The van der Waals surface area contributed by atoms with Gasteiger partial charge in [0.15, 0.2) is 0 Å². The van der Waals surface area contributed by atoms with E-state index in [-0.39, 0.29) is 0 Å². The van der Waals surface area contributed by atoms with Gasteiger partial charge in [0.2, 0.25) is 0 Å². The molecule has 0 bridgehead atoms. The van der Waals surface area contributed by atoms with Crippen molar-refractivity contribution in [3.05, 3.63) is 125 Å². The van der Waals surface area contributed by atoms with Crippen LogP contribution in [0.25, 0.3) is 11.1 Å². The lowest BCUT2D eigenvalue weighted by Gasteiger charge is -2.07. The van der Waals surface area contributed by atoms with Gasteiger partial charge in [-0.15, -0.1) is 0 Å². The number of hydrogen-bond acceptors (Lipinski definition) is 0. The van der Waals surface area contributed by atoms with E-state index in [4.69, 9.17) is 0 Å². The Kier molecular flexibility index (Phi) is 8.27. The maximum absolute atomic E-state index is 2.36. The van der Waals surface area contributed by atoms with Gasteiger partial charge in [0.25, 0.3) is 0 Å². The zero-order valence-corrected chi connectivity index (χ0v) is 26.6. The number of benzene rings is 3. The Morgan fingerprint density at radius 3 is 0.949 bits per heavy atom. The summed E-state index contributed by atoms with van der Waals surface area (Å²) in [7, 11) is 0. The minimum absolute atomic E-state index is 1.10. The minimum atomic E-state index is 1.10. The Labute approximate surface area is 238 Å². The van der Waals surface area contributed by atoms with E-state index < -0.39 is 0 Å². The van der Waals surface area contributed by atoms with Crippen molar-refractivity contribution < 1.29 is 0 Å². The normalized spacial score (nSPS) is 15.1. The zero-order chi connectivity index (χ0) is 28.8. The van der Waals surface area contributed by atoms with E-state index in [1.165, 1.54) is 79.6 Å². The molecule has 3 aromatic carbocycles. The second-order valence-corrected chi connectivity index (χ2v) is 12.5. The largest absolute Gasteiger partial charge is 0.0657 e. The Bertz CT molecular complexity index is 1420. The second kappa shape index (κ2) is 11.2. The number of fused-ring (bicyclic) bond motifs is 3. The van der Waals surface area contributed by atoms with Gasteiger partial charge in [0, 0.05) is 0 Å². The van der Waals surface area contributed by atoms with E-state index in [1.54, 1.807) is 33.4 Å². The van der Waals surface area contributed by atoms with Gasteiger partial charge < -0.3 is 0 Å². The van der Waals surface area contributed by atoms with Crippen LogP contribution in [0.2, 0.25) is 0 Å². The van der Waals surface area contributed by atoms with Crippen LogP contribution in [0.15, 0.2) is 69.8 Å². The molecule has 6 rings (SSSR count). The Balaban J connectivity index is 0.000000142. The highest BCUT2D eigenvalue weighted by Crippen LogP contribution is 2.44. The summed E-state index contributed by atoms with van der Waals surface area (Å²) >= 11 is 0. The molecule has 3 aromatic rings.